The zero-order valence-electron chi connectivity index (χ0n) is 20.6. The normalized spacial score (nSPS) is 11.7. The van der Waals surface area contributed by atoms with Crippen LogP contribution in [-0.4, -0.2) is 9.97 Å². The summed E-state index contributed by atoms with van der Waals surface area (Å²) in [6.45, 7) is 0. The molecule has 0 saturated heterocycles. The molecule has 0 aliphatic heterocycles. The van der Waals surface area contributed by atoms with Crippen LogP contribution in [0.15, 0.2) is 134 Å². The SMILES string of the molecule is c1ccc2c(-c3cc4c(cc(-c5cccc6ccccc56)c5cccnc54)c4ncccc34)cccc2c1. The molecule has 176 valence electrons. The maximum absolute atomic E-state index is 4.95. The van der Waals surface area contributed by atoms with E-state index in [-0.39, 0.29) is 0 Å². The van der Waals surface area contributed by atoms with E-state index in [2.05, 4.69) is 109 Å². The summed E-state index contributed by atoms with van der Waals surface area (Å²) in [6.07, 6.45) is 3.80. The fourth-order valence-electron chi connectivity index (χ4n) is 6.03. The van der Waals surface area contributed by atoms with Crippen LogP contribution in [0.5, 0.6) is 0 Å². The van der Waals surface area contributed by atoms with Crippen LogP contribution in [-0.2, 0) is 0 Å². The first-order valence-corrected chi connectivity index (χ1v) is 12.9. The largest absolute Gasteiger partial charge is 0.256 e. The van der Waals surface area contributed by atoms with Crippen LogP contribution in [0.1, 0.15) is 0 Å². The minimum atomic E-state index is 1.00. The van der Waals surface area contributed by atoms with Crippen molar-refractivity contribution >= 4 is 54.1 Å². The van der Waals surface area contributed by atoms with E-state index in [1.54, 1.807) is 0 Å². The maximum Gasteiger partial charge on any atom is 0.0787 e. The van der Waals surface area contributed by atoms with Crippen molar-refractivity contribution in [3.8, 4) is 22.3 Å². The zero-order chi connectivity index (χ0) is 25.1. The van der Waals surface area contributed by atoms with Crippen LogP contribution in [0.25, 0.3) is 76.4 Å². The van der Waals surface area contributed by atoms with Crippen LogP contribution in [0.2, 0.25) is 0 Å². The Balaban J connectivity index is 1.54. The van der Waals surface area contributed by atoms with E-state index in [4.69, 9.17) is 9.97 Å². The van der Waals surface area contributed by atoms with Crippen molar-refractivity contribution in [1.29, 1.82) is 0 Å². The van der Waals surface area contributed by atoms with E-state index in [9.17, 15) is 0 Å². The van der Waals surface area contributed by atoms with Crippen molar-refractivity contribution in [2.24, 2.45) is 0 Å². The summed E-state index contributed by atoms with van der Waals surface area (Å²) < 4.78 is 0. The van der Waals surface area contributed by atoms with Gasteiger partial charge in [0.15, 0.2) is 0 Å². The fourth-order valence-corrected chi connectivity index (χ4v) is 6.03. The van der Waals surface area contributed by atoms with Gasteiger partial charge >= 0.3 is 0 Å². The Morgan fingerprint density at radius 3 is 1.24 bits per heavy atom. The van der Waals surface area contributed by atoms with Gasteiger partial charge in [0.1, 0.15) is 0 Å². The minimum Gasteiger partial charge on any atom is -0.256 e. The molecule has 0 radical (unpaired) electrons. The predicted molar refractivity (Wildman–Crippen MR) is 160 cm³/mol. The number of hydrogen-bond donors (Lipinski definition) is 0. The van der Waals surface area contributed by atoms with Crippen molar-refractivity contribution < 1.29 is 0 Å². The van der Waals surface area contributed by atoms with E-state index in [0.29, 0.717) is 0 Å². The lowest BCUT2D eigenvalue weighted by Crippen LogP contribution is -1.92. The molecule has 0 amide bonds. The molecule has 6 aromatic carbocycles. The highest BCUT2D eigenvalue weighted by molar-refractivity contribution is 6.23. The molecule has 2 heteroatoms. The van der Waals surface area contributed by atoms with E-state index < -0.39 is 0 Å². The first-order valence-electron chi connectivity index (χ1n) is 12.9. The van der Waals surface area contributed by atoms with Crippen molar-refractivity contribution in [3.63, 3.8) is 0 Å². The van der Waals surface area contributed by atoms with Crippen molar-refractivity contribution in [2.45, 2.75) is 0 Å². The number of hydrogen-bond acceptors (Lipinski definition) is 2. The van der Waals surface area contributed by atoms with Crippen LogP contribution in [0.4, 0.5) is 0 Å². The Bertz CT molecular complexity index is 2020. The highest BCUT2D eigenvalue weighted by Gasteiger charge is 2.17. The van der Waals surface area contributed by atoms with Crippen molar-refractivity contribution in [3.05, 3.63) is 134 Å². The Hall–Kier alpha value is -5.08. The molecule has 0 unspecified atom stereocenters. The Labute approximate surface area is 219 Å². The van der Waals surface area contributed by atoms with Crippen molar-refractivity contribution in [1.82, 2.24) is 9.97 Å². The zero-order valence-corrected chi connectivity index (χ0v) is 20.6. The highest BCUT2D eigenvalue weighted by Crippen LogP contribution is 2.42. The molecule has 0 aliphatic rings. The molecule has 8 aromatic rings. The summed E-state index contributed by atoms with van der Waals surface area (Å²) in [7, 11) is 0. The van der Waals surface area contributed by atoms with Crippen molar-refractivity contribution in [2.75, 3.05) is 0 Å². The first kappa shape index (κ1) is 21.0. The number of pyridine rings is 2. The van der Waals surface area contributed by atoms with Gasteiger partial charge in [-0.1, -0.05) is 97.1 Å². The smallest absolute Gasteiger partial charge is 0.0787 e. The minimum absolute atomic E-state index is 1.00. The Morgan fingerprint density at radius 2 is 0.737 bits per heavy atom. The van der Waals surface area contributed by atoms with Crippen LogP contribution in [0.3, 0.4) is 0 Å². The topological polar surface area (TPSA) is 25.8 Å². The standard InChI is InChI=1S/C36H22N2/c1-3-13-25-23(9-1)11-5-15-27(25)31-21-33-34(35-29(31)17-7-19-37-35)22-32(30-18-8-20-38-36(30)33)28-16-6-12-24-10-2-4-14-26(24)28/h1-22H. The molecule has 2 aromatic heterocycles. The van der Waals surface area contributed by atoms with Gasteiger partial charge in [0.25, 0.3) is 0 Å². The van der Waals surface area contributed by atoms with Crippen LogP contribution >= 0.6 is 0 Å². The van der Waals surface area contributed by atoms with Gasteiger partial charge in [-0.15, -0.1) is 0 Å². The van der Waals surface area contributed by atoms with Gasteiger partial charge in [-0.2, -0.15) is 0 Å². The molecule has 0 aliphatic carbocycles. The average molecular weight is 483 g/mol. The first-order chi connectivity index (χ1) is 18.9. The third-order valence-electron chi connectivity index (χ3n) is 7.73. The molecule has 8 rings (SSSR count). The third-order valence-corrected chi connectivity index (χ3v) is 7.73. The second-order valence-corrected chi connectivity index (χ2v) is 9.80. The second-order valence-electron chi connectivity index (χ2n) is 9.80. The third kappa shape index (κ3) is 3.07. The predicted octanol–water partition coefficient (Wildman–Crippen LogP) is 9.58. The van der Waals surface area contributed by atoms with Crippen LogP contribution in [0, 0.1) is 0 Å². The summed E-state index contributed by atoms with van der Waals surface area (Å²) in [5.74, 6) is 0. The molecule has 2 nitrogen and oxygen atoms in total. The Morgan fingerprint density at radius 1 is 0.316 bits per heavy atom. The van der Waals surface area contributed by atoms with Gasteiger partial charge in [-0.25, -0.2) is 0 Å². The van der Waals surface area contributed by atoms with Gasteiger partial charge < -0.3 is 0 Å². The number of nitrogens with zero attached hydrogens (tertiary/aromatic N) is 2. The second kappa shape index (κ2) is 8.22. The number of benzene rings is 6. The fraction of sp³-hybridized carbons (Fsp3) is 0. The molecule has 0 atom stereocenters. The lowest BCUT2D eigenvalue weighted by Gasteiger charge is -2.16. The molecule has 0 bridgehead atoms. The number of aromatic nitrogens is 2. The molecule has 0 spiro atoms. The maximum atomic E-state index is 4.95. The van der Waals surface area contributed by atoms with E-state index in [1.165, 1.54) is 43.8 Å². The van der Waals surface area contributed by atoms with Gasteiger partial charge in [0, 0.05) is 33.9 Å². The summed E-state index contributed by atoms with van der Waals surface area (Å²) in [4.78, 5) is 9.90. The number of fused-ring (bicyclic) bond motifs is 7. The summed E-state index contributed by atoms with van der Waals surface area (Å²) >= 11 is 0. The van der Waals surface area contributed by atoms with Gasteiger partial charge in [-0.05, 0) is 68.1 Å². The number of rotatable bonds is 2. The molecular formula is C36H22N2. The van der Waals surface area contributed by atoms with Gasteiger partial charge in [-0.3, -0.25) is 9.97 Å². The molecular weight excluding hydrogens is 460 g/mol. The molecule has 2 heterocycles. The lowest BCUT2D eigenvalue weighted by atomic mass is 9.88. The molecule has 0 saturated carbocycles. The van der Waals surface area contributed by atoms with E-state index in [0.717, 1.165) is 32.6 Å². The summed E-state index contributed by atoms with van der Waals surface area (Å²) in [6, 6.07) is 43.3. The summed E-state index contributed by atoms with van der Waals surface area (Å²) in [5, 5.41) is 9.49. The molecule has 0 N–H and O–H groups in total. The summed E-state index contributed by atoms with van der Waals surface area (Å²) in [5.41, 5.74) is 6.80. The molecule has 0 fully saturated rings. The van der Waals surface area contributed by atoms with E-state index >= 15 is 0 Å². The van der Waals surface area contributed by atoms with Crippen LogP contribution < -0.4 is 0 Å². The Kier molecular flexibility index (Phi) is 4.55. The monoisotopic (exact) mass is 482 g/mol. The van der Waals surface area contributed by atoms with E-state index in [1.807, 2.05) is 24.5 Å². The highest BCUT2D eigenvalue weighted by atomic mass is 14.7. The van der Waals surface area contributed by atoms with Gasteiger partial charge in [0.2, 0.25) is 0 Å². The lowest BCUT2D eigenvalue weighted by molar-refractivity contribution is 1.41. The quantitative estimate of drug-likeness (QED) is 0.229. The van der Waals surface area contributed by atoms with Gasteiger partial charge in [0.05, 0.1) is 11.0 Å². The molecule has 38 heavy (non-hydrogen) atoms. The average Bonchev–Trinajstić information content (AvgIpc) is 3.00.